The van der Waals surface area contributed by atoms with Gasteiger partial charge in [-0.3, -0.25) is 4.79 Å². The molecule has 2 aliphatic heterocycles. The Bertz CT molecular complexity index is 1510. The second kappa shape index (κ2) is 12.2. The first-order chi connectivity index (χ1) is 20.4. The molecular weight excluding hydrogens is 576 g/mol. The number of rotatable bonds is 7. The molecule has 0 unspecified atom stereocenters. The van der Waals surface area contributed by atoms with Crippen molar-refractivity contribution < 1.29 is 69.0 Å². The number of hydrogen-bond acceptors (Lipinski definition) is 15. The molecule has 3 aromatic rings. The number of aliphatic hydroxyl groups excluding tert-OH is 6. The number of phenols is 2. The molecule has 0 aliphatic carbocycles. The molecule has 43 heavy (non-hydrogen) atoms. The molecule has 8 N–H and O–H groups in total. The Morgan fingerprint density at radius 2 is 1.49 bits per heavy atom. The van der Waals surface area contributed by atoms with Gasteiger partial charge in [0.1, 0.15) is 71.0 Å². The Kier molecular flexibility index (Phi) is 8.80. The molecule has 0 radical (unpaired) electrons. The molecule has 0 saturated carbocycles. The van der Waals surface area contributed by atoms with E-state index < -0.39 is 79.2 Å². The van der Waals surface area contributed by atoms with Crippen LogP contribution < -0.4 is 14.9 Å². The minimum absolute atomic E-state index is 0.0517. The topological polar surface area (TPSA) is 238 Å². The lowest BCUT2D eigenvalue weighted by atomic mass is 9.98. The van der Waals surface area contributed by atoms with Gasteiger partial charge in [0.15, 0.2) is 23.2 Å². The number of aliphatic hydroxyl groups is 6. The zero-order chi connectivity index (χ0) is 31.2. The van der Waals surface area contributed by atoms with Crippen molar-refractivity contribution in [3.63, 3.8) is 0 Å². The molecule has 10 atom stereocenters. The smallest absolute Gasteiger partial charge is 0.229 e. The lowest BCUT2D eigenvalue weighted by Gasteiger charge is -2.42. The average Bonchev–Trinajstić information content (AvgIpc) is 2.97. The summed E-state index contributed by atoms with van der Waals surface area (Å²) < 4.78 is 32.9. The fourth-order valence-electron chi connectivity index (χ4n) is 4.92. The van der Waals surface area contributed by atoms with Crippen molar-refractivity contribution in [3.8, 4) is 34.3 Å². The molecule has 15 nitrogen and oxygen atoms in total. The molecule has 5 rings (SSSR count). The van der Waals surface area contributed by atoms with E-state index in [2.05, 4.69) is 0 Å². The predicted molar refractivity (Wildman–Crippen MR) is 143 cm³/mol. The lowest BCUT2D eigenvalue weighted by molar-refractivity contribution is -0.318. The highest BCUT2D eigenvalue weighted by atomic mass is 16.7. The number of fused-ring (bicyclic) bond motifs is 1. The summed E-state index contributed by atoms with van der Waals surface area (Å²) in [5.41, 5.74) is -0.381. The second-order valence-corrected chi connectivity index (χ2v) is 10.3. The van der Waals surface area contributed by atoms with Gasteiger partial charge in [-0.25, -0.2) is 0 Å². The van der Waals surface area contributed by atoms with Crippen LogP contribution in [0.2, 0.25) is 0 Å². The zero-order valence-electron chi connectivity index (χ0n) is 22.9. The van der Waals surface area contributed by atoms with Crippen LogP contribution >= 0.6 is 0 Å². The van der Waals surface area contributed by atoms with E-state index in [1.165, 1.54) is 32.2 Å². The van der Waals surface area contributed by atoms with Crippen LogP contribution in [0.5, 0.6) is 23.0 Å². The molecule has 234 valence electrons. The molecule has 2 fully saturated rings. The summed E-state index contributed by atoms with van der Waals surface area (Å²) in [6, 6.07) is 7.78. The molecule has 0 spiro atoms. The minimum atomic E-state index is -1.78. The number of methoxy groups -OCH3 is 1. The Morgan fingerprint density at radius 1 is 0.791 bits per heavy atom. The van der Waals surface area contributed by atoms with Crippen LogP contribution in [-0.4, -0.2) is 116 Å². The highest BCUT2D eigenvalue weighted by Crippen LogP contribution is 2.35. The van der Waals surface area contributed by atoms with Gasteiger partial charge in [0.25, 0.3) is 0 Å². The van der Waals surface area contributed by atoms with Crippen LogP contribution in [0.3, 0.4) is 0 Å². The summed E-state index contributed by atoms with van der Waals surface area (Å²) in [6.07, 6.45) is -15.0. The van der Waals surface area contributed by atoms with Crippen LogP contribution in [0, 0.1) is 0 Å². The van der Waals surface area contributed by atoms with Crippen molar-refractivity contribution in [1.29, 1.82) is 0 Å². The Hall–Kier alpha value is -3.51. The van der Waals surface area contributed by atoms with Gasteiger partial charge >= 0.3 is 0 Å². The van der Waals surface area contributed by atoms with Crippen molar-refractivity contribution in [2.75, 3.05) is 13.7 Å². The van der Waals surface area contributed by atoms with Gasteiger partial charge in [0.2, 0.25) is 6.29 Å². The van der Waals surface area contributed by atoms with Gasteiger partial charge < -0.3 is 69.0 Å². The molecule has 15 heteroatoms. The number of phenolic OH excluding ortho intramolecular Hbond substituents is 2. The monoisotopic (exact) mass is 608 g/mol. The van der Waals surface area contributed by atoms with E-state index in [0.29, 0.717) is 5.56 Å². The van der Waals surface area contributed by atoms with Crippen LogP contribution in [0.25, 0.3) is 22.3 Å². The summed E-state index contributed by atoms with van der Waals surface area (Å²) in [5.74, 6) is -0.605. The quantitative estimate of drug-likeness (QED) is 0.159. The predicted octanol–water partition coefficient (Wildman–Crippen LogP) is -1.09. The van der Waals surface area contributed by atoms with Crippen molar-refractivity contribution in [2.45, 2.75) is 68.3 Å². The highest BCUT2D eigenvalue weighted by molar-refractivity contribution is 5.86. The first-order valence-corrected chi connectivity index (χ1v) is 13.3. The first-order valence-electron chi connectivity index (χ1n) is 13.3. The third kappa shape index (κ3) is 5.99. The van der Waals surface area contributed by atoms with Crippen molar-refractivity contribution in [2.24, 2.45) is 0 Å². The summed E-state index contributed by atoms with van der Waals surface area (Å²) >= 11 is 0. The van der Waals surface area contributed by atoms with E-state index in [4.69, 9.17) is 28.1 Å². The van der Waals surface area contributed by atoms with Gasteiger partial charge in [0.05, 0.1) is 19.8 Å². The van der Waals surface area contributed by atoms with Gasteiger partial charge in [0, 0.05) is 23.8 Å². The molecule has 1 aromatic heterocycles. The Labute approximate surface area is 243 Å². The maximum atomic E-state index is 12.8. The van der Waals surface area contributed by atoms with Gasteiger partial charge in [-0.1, -0.05) is 0 Å². The molecule has 2 saturated heterocycles. The summed E-state index contributed by atoms with van der Waals surface area (Å²) in [6.45, 7) is 0.953. The highest BCUT2D eigenvalue weighted by Gasteiger charge is 2.47. The number of ether oxygens (including phenoxy) is 5. The third-order valence-corrected chi connectivity index (χ3v) is 7.40. The second-order valence-electron chi connectivity index (χ2n) is 10.3. The van der Waals surface area contributed by atoms with E-state index in [-0.39, 0.29) is 34.0 Å². The molecular formula is C28H32O15. The maximum Gasteiger partial charge on any atom is 0.229 e. The van der Waals surface area contributed by atoms with Crippen LogP contribution in [0.15, 0.2) is 45.6 Å². The molecule has 2 aromatic carbocycles. The van der Waals surface area contributed by atoms with E-state index in [0.717, 1.165) is 12.1 Å². The lowest BCUT2D eigenvalue weighted by Crippen LogP contribution is -2.61. The standard InChI is InChI=1S/C28H32O15/c1-10-21(32)23(34)25(36)27(40-10)39-9-19-22(33)24(35)26(37)28(43-19)41-12-6-14(30)20-15(31)8-17(42-18(20)7-12)11-3-4-16(38-2)13(29)5-11/h3-8,10,19,21-30,32-37H,9H2,1-2H3/t10-,19+,21+,22+,23+,24+,25-,26-,27+,28+/m0/s1. The van der Waals surface area contributed by atoms with Crippen LogP contribution in [0.4, 0.5) is 0 Å². The van der Waals surface area contributed by atoms with Crippen molar-refractivity contribution in [1.82, 2.24) is 0 Å². The Morgan fingerprint density at radius 3 is 2.19 bits per heavy atom. The van der Waals surface area contributed by atoms with Gasteiger partial charge in [-0.15, -0.1) is 0 Å². The minimum Gasteiger partial charge on any atom is -0.507 e. The number of hydrogen-bond donors (Lipinski definition) is 8. The molecule has 3 heterocycles. The van der Waals surface area contributed by atoms with Gasteiger partial charge in [-0.2, -0.15) is 0 Å². The SMILES string of the molecule is COc1ccc(-c2cc(=O)c3c(O)cc(O[C@@H]4O[C@H](CO[C@@H]5O[C@@H](C)[C@@H](O)[C@@H](O)[C@@H]5O)[C@@H](O)[C@@H](O)[C@@H]4O)cc3o2)cc1O. The molecule has 0 bridgehead atoms. The fraction of sp³-hybridized carbons (Fsp3) is 0.464. The van der Waals surface area contributed by atoms with Gasteiger partial charge in [-0.05, 0) is 25.1 Å². The number of benzene rings is 2. The summed E-state index contributed by atoms with van der Waals surface area (Å²) in [4.78, 5) is 12.8. The van der Waals surface area contributed by atoms with E-state index in [1.807, 2.05) is 0 Å². The van der Waals surface area contributed by atoms with Crippen LogP contribution in [0.1, 0.15) is 6.92 Å². The average molecular weight is 609 g/mol. The summed E-state index contributed by atoms with van der Waals surface area (Å²) in [5, 5.41) is 82.0. The third-order valence-electron chi connectivity index (χ3n) is 7.40. The summed E-state index contributed by atoms with van der Waals surface area (Å²) in [7, 11) is 1.38. The zero-order valence-corrected chi connectivity index (χ0v) is 22.9. The van der Waals surface area contributed by atoms with E-state index in [9.17, 15) is 45.6 Å². The largest absolute Gasteiger partial charge is 0.507 e. The van der Waals surface area contributed by atoms with E-state index >= 15 is 0 Å². The molecule has 0 amide bonds. The fourth-order valence-corrected chi connectivity index (χ4v) is 4.92. The van der Waals surface area contributed by atoms with Crippen LogP contribution in [-0.2, 0) is 14.2 Å². The van der Waals surface area contributed by atoms with E-state index in [1.54, 1.807) is 6.07 Å². The van der Waals surface area contributed by atoms with Crippen molar-refractivity contribution in [3.05, 3.63) is 46.6 Å². The molecule has 2 aliphatic rings. The Balaban J connectivity index is 1.36. The first kappa shape index (κ1) is 30.9. The van der Waals surface area contributed by atoms with Crippen molar-refractivity contribution >= 4 is 11.0 Å². The maximum absolute atomic E-state index is 12.8. The number of aromatic hydroxyl groups is 2. The normalized spacial score (nSPS) is 32.9.